The molecule has 0 N–H and O–H groups in total. The molecule has 0 radical (unpaired) electrons. The third-order valence-corrected chi connectivity index (χ3v) is 3.44. The van der Waals surface area contributed by atoms with Gasteiger partial charge in [-0.15, -0.1) is 0 Å². The first kappa shape index (κ1) is 18.6. The number of aryl methyl sites for hydroxylation is 1. The number of hydrogen-bond donors (Lipinski definition) is 0. The third-order valence-electron chi connectivity index (χ3n) is 3.44. The molecule has 0 fully saturated rings. The van der Waals surface area contributed by atoms with Gasteiger partial charge in [0.05, 0.1) is 19.8 Å². The lowest BCUT2D eigenvalue weighted by molar-refractivity contribution is -0.136. The van der Waals surface area contributed by atoms with Crippen molar-refractivity contribution in [3.05, 3.63) is 42.0 Å². The number of ether oxygens (including phenoxy) is 3. The van der Waals surface area contributed by atoms with Gasteiger partial charge >= 0.3 is 5.97 Å². The highest BCUT2D eigenvalue weighted by molar-refractivity contribution is 6.20. The Balaban J connectivity index is 2.46. The summed E-state index contributed by atoms with van der Waals surface area (Å²) in [5, 5.41) is 0. The van der Waals surface area contributed by atoms with Crippen molar-refractivity contribution in [2.24, 2.45) is 7.05 Å². The van der Waals surface area contributed by atoms with Gasteiger partial charge in [-0.05, 0) is 44.5 Å². The van der Waals surface area contributed by atoms with Crippen LogP contribution >= 0.6 is 0 Å². The van der Waals surface area contributed by atoms with E-state index in [0.717, 1.165) is 5.56 Å². The number of benzene rings is 1. The third kappa shape index (κ3) is 4.62. The molecule has 0 saturated carbocycles. The highest BCUT2D eigenvalue weighted by Gasteiger charge is 2.18. The molecule has 0 spiro atoms. The Labute approximate surface area is 148 Å². The van der Waals surface area contributed by atoms with Crippen LogP contribution in [-0.4, -0.2) is 35.3 Å². The smallest absolute Gasteiger partial charge is 0.341 e. The molecule has 0 atom stereocenters. The monoisotopic (exact) mass is 344 g/mol. The molecule has 0 amide bonds. The number of imidazole rings is 1. The van der Waals surface area contributed by atoms with E-state index < -0.39 is 5.97 Å². The molecule has 2 rings (SSSR count). The fourth-order valence-corrected chi connectivity index (χ4v) is 2.37. The molecular formula is C19H24N2O4. The van der Waals surface area contributed by atoms with Crippen LogP contribution in [0.25, 0.3) is 11.6 Å². The minimum absolute atomic E-state index is 0.300. The lowest BCUT2D eigenvalue weighted by Gasteiger charge is -2.12. The van der Waals surface area contributed by atoms with E-state index in [-0.39, 0.29) is 0 Å². The molecule has 0 aliphatic rings. The van der Waals surface area contributed by atoms with Crippen LogP contribution in [0.1, 0.15) is 32.2 Å². The number of rotatable bonds is 8. The zero-order valence-corrected chi connectivity index (χ0v) is 15.1. The average Bonchev–Trinajstić information content (AvgIpc) is 3.01. The van der Waals surface area contributed by atoms with E-state index in [4.69, 9.17) is 14.2 Å². The van der Waals surface area contributed by atoms with Gasteiger partial charge in [-0.25, -0.2) is 9.78 Å². The molecule has 1 aromatic heterocycles. The molecule has 25 heavy (non-hydrogen) atoms. The van der Waals surface area contributed by atoms with Crippen LogP contribution in [0.2, 0.25) is 0 Å². The van der Waals surface area contributed by atoms with Gasteiger partial charge in [0.25, 0.3) is 0 Å². The summed E-state index contributed by atoms with van der Waals surface area (Å²) >= 11 is 0. The number of carbonyl (C=O) groups is 1. The van der Waals surface area contributed by atoms with E-state index in [1.54, 1.807) is 30.0 Å². The Kier molecular flexibility index (Phi) is 6.62. The zero-order valence-electron chi connectivity index (χ0n) is 15.1. The summed E-state index contributed by atoms with van der Waals surface area (Å²) in [7, 11) is 1.83. The van der Waals surface area contributed by atoms with Crippen molar-refractivity contribution in [2.45, 2.75) is 20.8 Å². The first-order valence-electron chi connectivity index (χ1n) is 8.36. The largest absolute Gasteiger partial charge is 0.490 e. The van der Waals surface area contributed by atoms with Crippen molar-refractivity contribution in [3.8, 4) is 11.5 Å². The summed E-state index contributed by atoms with van der Waals surface area (Å²) in [5.74, 6) is 1.45. The van der Waals surface area contributed by atoms with Crippen LogP contribution in [0.15, 0.2) is 30.6 Å². The van der Waals surface area contributed by atoms with Gasteiger partial charge in [0.2, 0.25) is 0 Å². The predicted molar refractivity (Wildman–Crippen MR) is 96.5 cm³/mol. The highest BCUT2D eigenvalue weighted by Crippen LogP contribution is 2.30. The van der Waals surface area contributed by atoms with Gasteiger partial charge in [0.15, 0.2) is 11.5 Å². The topological polar surface area (TPSA) is 62.6 Å². The standard InChI is InChI=1S/C19H24N2O4/c1-5-23-16-9-8-14(13-17(16)24-6-2)12-15(19(22)25-7-3)18-20-10-11-21(18)4/h8-13H,5-7H2,1-4H3/b15-12+. The molecular weight excluding hydrogens is 320 g/mol. The van der Waals surface area contributed by atoms with Gasteiger partial charge in [-0.1, -0.05) is 6.07 Å². The van der Waals surface area contributed by atoms with Crippen LogP contribution < -0.4 is 9.47 Å². The number of aromatic nitrogens is 2. The number of nitrogens with zero attached hydrogens (tertiary/aromatic N) is 2. The van der Waals surface area contributed by atoms with Crippen molar-refractivity contribution < 1.29 is 19.0 Å². The number of carbonyl (C=O) groups excluding carboxylic acids is 1. The first-order chi connectivity index (χ1) is 12.1. The molecule has 134 valence electrons. The molecule has 0 aliphatic heterocycles. The molecule has 1 aromatic carbocycles. The molecule has 6 nitrogen and oxygen atoms in total. The summed E-state index contributed by atoms with van der Waals surface area (Å²) in [5.41, 5.74) is 1.19. The first-order valence-corrected chi connectivity index (χ1v) is 8.36. The van der Waals surface area contributed by atoms with Crippen LogP contribution in [0, 0.1) is 0 Å². The van der Waals surface area contributed by atoms with Crippen molar-refractivity contribution in [2.75, 3.05) is 19.8 Å². The number of hydrogen-bond acceptors (Lipinski definition) is 5. The van der Waals surface area contributed by atoms with Crippen molar-refractivity contribution in [3.63, 3.8) is 0 Å². The van der Waals surface area contributed by atoms with Gasteiger partial charge in [0, 0.05) is 19.4 Å². The minimum Gasteiger partial charge on any atom is -0.490 e. The predicted octanol–water partition coefficient (Wildman–Crippen LogP) is 3.32. The normalized spacial score (nSPS) is 11.3. The Morgan fingerprint density at radius 2 is 1.84 bits per heavy atom. The van der Waals surface area contributed by atoms with E-state index in [0.29, 0.717) is 42.7 Å². The van der Waals surface area contributed by atoms with Crippen molar-refractivity contribution in [1.29, 1.82) is 0 Å². The zero-order chi connectivity index (χ0) is 18.2. The molecule has 2 aromatic rings. The summed E-state index contributed by atoms with van der Waals surface area (Å²) in [6.07, 6.45) is 5.18. The van der Waals surface area contributed by atoms with Crippen LogP contribution in [0.5, 0.6) is 11.5 Å². The second-order valence-corrected chi connectivity index (χ2v) is 5.21. The molecule has 6 heteroatoms. The summed E-state index contributed by atoms with van der Waals surface area (Å²) in [6, 6.07) is 5.55. The quantitative estimate of drug-likeness (QED) is 0.543. The lowest BCUT2D eigenvalue weighted by Crippen LogP contribution is -2.10. The Morgan fingerprint density at radius 3 is 2.44 bits per heavy atom. The summed E-state index contributed by atoms with van der Waals surface area (Å²) in [4.78, 5) is 16.6. The summed E-state index contributed by atoms with van der Waals surface area (Å²) in [6.45, 7) is 6.99. The fraction of sp³-hybridized carbons (Fsp3) is 0.368. The van der Waals surface area contributed by atoms with Crippen molar-refractivity contribution in [1.82, 2.24) is 9.55 Å². The fourth-order valence-electron chi connectivity index (χ4n) is 2.37. The highest BCUT2D eigenvalue weighted by atomic mass is 16.5. The van der Waals surface area contributed by atoms with E-state index in [9.17, 15) is 4.79 Å². The van der Waals surface area contributed by atoms with Crippen molar-refractivity contribution >= 4 is 17.6 Å². The maximum absolute atomic E-state index is 12.4. The minimum atomic E-state index is -0.413. The summed E-state index contributed by atoms with van der Waals surface area (Å²) < 4.78 is 18.2. The van der Waals surface area contributed by atoms with Gasteiger partial charge in [-0.3, -0.25) is 0 Å². The molecule has 1 heterocycles. The van der Waals surface area contributed by atoms with E-state index in [2.05, 4.69) is 4.98 Å². The molecule has 0 aliphatic carbocycles. The molecule has 0 bridgehead atoms. The SMILES string of the molecule is CCOC(=O)/C(=C/c1ccc(OCC)c(OCC)c1)c1nccn1C. The molecule has 0 unspecified atom stereocenters. The Hall–Kier alpha value is -2.76. The van der Waals surface area contributed by atoms with Crippen LogP contribution in [0.4, 0.5) is 0 Å². The van der Waals surface area contributed by atoms with Gasteiger partial charge in [-0.2, -0.15) is 0 Å². The van der Waals surface area contributed by atoms with Crippen LogP contribution in [-0.2, 0) is 16.6 Å². The van der Waals surface area contributed by atoms with Gasteiger partial charge in [0.1, 0.15) is 11.4 Å². The average molecular weight is 344 g/mol. The Morgan fingerprint density at radius 1 is 1.12 bits per heavy atom. The van der Waals surface area contributed by atoms with E-state index >= 15 is 0 Å². The second kappa shape index (κ2) is 8.92. The lowest BCUT2D eigenvalue weighted by atomic mass is 10.1. The second-order valence-electron chi connectivity index (χ2n) is 5.21. The number of esters is 1. The molecule has 0 saturated heterocycles. The maximum atomic E-state index is 12.4. The Bertz CT molecular complexity index is 750. The maximum Gasteiger partial charge on any atom is 0.341 e. The van der Waals surface area contributed by atoms with Gasteiger partial charge < -0.3 is 18.8 Å². The van der Waals surface area contributed by atoms with Crippen LogP contribution in [0.3, 0.4) is 0 Å². The van der Waals surface area contributed by atoms with E-state index in [1.165, 1.54) is 0 Å². The van der Waals surface area contributed by atoms with E-state index in [1.807, 2.05) is 39.1 Å².